The van der Waals surface area contributed by atoms with Crippen LogP contribution in [-0.2, 0) is 6.18 Å². The number of hydrogen-bond acceptors (Lipinski definition) is 7. The highest BCUT2D eigenvalue weighted by Gasteiger charge is 2.36. The highest BCUT2D eigenvalue weighted by molar-refractivity contribution is 5.94. The first-order valence-electron chi connectivity index (χ1n) is 11.0. The summed E-state index contributed by atoms with van der Waals surface area (Å²) in [5.74, 6) is 0.715. The van der Waals surface area contributed by atoms with E-state index in [1.165, 1.54) is 6.20 Å². The second-order valence-electron chi connectivity index (χ2n) is 8.40. The lowest BCUT2D eigenvalue weighted by molar-refractivity contribution is -0.137. The van der Waals surface area contributed by atoms with E-state index in [0.29, 0.717) is 34.6 Å². The van der Waals surface area contributed by atoms with Crippen molar-refractivity contribution >= 4 is 17.0 Å². The molecule has 4 aromatic heterocycles. The minimum absolute atomic E-state index is 0.0250. The summed E-state index contributed by atoms with van der Waals surface area (Å²) in [5.41, 5.74) is 7.59. The Kier molecular flexibility index (Phi) is 6.30. The van der Waals surface area contributed by atoms with Gasteiger partial charge in [0, 0.05) is 35.4 Å². The smallest absolute Gasteiger partial charge is 0.361 e. The van der Waals surface area contributed by atoms with Gasteiger partial charge >= 0.3 is 6.18 Å². The summed E-state index contributed by atoms with van der Waals surface area (Å²) < 4.78 is 46.7. The zero-order valence-electron chi connectivity index (χ0n) is 19.3. The van der Waals surface area contributed by atoms with E-state index in [-0.39, 0.29) is 29.3 Å². The molecule has 0 saturated carbocycles. The molecule has 0 aromatic carbocycles. The van der Waals surface area contributed by atoms with E-state index in [1.54, 1.807) is 26.0 Å². The Labute approximate surface area is 194 Å². The molecule has 0 amide bonds. The number of pyridine rings is 1. The standard InChI is InChI=1S/C23H26F3N7O/c1-5-14(27)8-11(2)30-22-29-10-17(23(24,25)26)20(32-22)16-9-28-21-15(16)6-7-18(31-21)19-12(3)33-34-13(19)4/h6-7,9-11,14H,5,8,27H2,1-4H3,(H,28,31)(H,29,30,32)/t11-,14-/m0/s1. The van der Waals surface area contributed by atoms with Gasteiger partial charge in [-0.2, -0.15) is 13.2 Å². The largest absolute Gasteiger partial charge is 0.419 e. The van der Waals surface area contributed by atoms with Crippen LogP contribution < -0.4 is 11.1 Å². The number of hydrogen-bond donors (Lipinski definition) is 3. The third-order valence-corrected chi connectivity index (χ3v) is 5.73. The molecule has 0 bridgehead atoms. The number of anilines is 1. The maximum Gasteiger partial charge on any atom is 0.419 e. The van der Waals surface area contributed by atoms with Crippen molar-refractivity contribution < 1.29 is 17.7 Å². The van der Waals surface area contributed by atoms with Crippen LogP contribution in [0.1, 0.15) is 43.7 Å². The van der Waals surface area contributed by atoms with Gasteiger partial charge in [-0.3, -0.25) is 0 Å². The molecule has 0 aliphatic heterocycles. The molecule has 0 fully saturated rings. The van der Waals surface area contributed by atoms with Gasteiger partial charge in [0.05, 0.1) is 22.6 Å². The molecule has 180 valence electrons. The lowest BCUT2D eigenvalue weighted by Crippen LogP contribution is -2.28. The first-order valence-corrected chi connectivity index (χ1v) is 11.0. The lowest BCUT2D eigenvalue weighted by Gasteiger charge is -2.19. The number of halogens is 3. The molecule has 8 nitrogen and oxygen atoms in total. The van der Waals surface area contributed by atoms with Crippen LogP contribution in [0.5, 0.6) is 0 Å². The fraction of sp³-hybridized carbons (Fsp3) is 0.391. The molecule has 11 heteroatoms. The second kappa shape index (κ2) is 9.05. The summed E-state index contributed by atoms with van der Waals surface area (Å²) in [6.45, 7) is 7.45. The topological polar surface area (TPSA) is 119 Å². The normalized spacial score (nSPS) is 13.9. The Bertz CT molecular complexity index is 1290. The SMILES string of the molecule is CC[C@H](N)C[C@H](C)Nc1ncc(C(F)(F)F)c(-c2c[nH]c3nc(-c4c(C)noc4C)ccc23)n1. The zero-order valence-corrected chi connectivity index (χ0v) is 19.3. The van der Waals surface area contributed by atoms with Gasteiger partial charge in [0.15, 0.2) is 0 Å². The maximum absolute atomic E-state index is 13.8. The molecular weight excluding hydrogens is 447 g/mol. The third-order valence-electron chi connectivity index (χ3n) is 5.73. The van der Waals surface area contributed by atoms with Crippen LogP contribution in [0.2, 0.25) is 0 Å². The lowest BCUT2D eigenvalue weighted by atomic mass is 10.1. The monoisotopic (exact) mass is 473 g/mol. The van der Waals surface area contributed by atoms with E-state index < -0.39 is 11.7 Å². The third kappa shape index (κ3) is 4.60. The molecule has 0 aliphatic rings. The van der Waals surface area contributed by atoms with Gasteiger partial charge in [-0.15, -0.1) is 0 Å². The Morgan fingerprint density at radius 2 is 1.97 bits per heavy atom. The van der Waals surface area contributed by atoms with Crippen LogP contribution in [0.15, 0.2) is 29.0 Å². The summed E-state index contributed by atoms with van der Waals surface area (Å²) in [5, 5.41) is 7.51. The number of aryl methyl sites for hydroxylation is 2. The van der Waals surface area contributed by atoms with Crippen molar-refractivity contribution in [1.29, 1.82) is 0 Å². The predicted octanol–water partition coefficient (Wildman–Crippen LogP) is 5.24. The van der Waals surface area contributed by atoms with Gasteiger partial charge < -0.3 is 20.6 Å². The number of nitrogens with one attached hydrogen (secondary N) is 2. The van der Waals surface area contributed by atoms with E-state index in [9.17, 15) is 13.2 Å². The van der Waals surface area contributed by atoms with Crippen molar-refractivity contribution in [2.45, 2.75) is 58.8 Å². The van der Waals surface area contributed by atoms with E-state index >= 15 is 0 Å². The summed E-state index contributed by atoms with van der Waals surface area (Å²) in [7, 11) is 0. The predicted molar refractivity (Wildman–Crippen MR) is 123 cm³/mol. The highest BCUT2D eigenvalue weighted by Crippen LogP contribution is 2.39. The fourth-order valence-corrected chi connectivity index (χ4v) is 3.95. The fourth-order valence-electron chi connectivity index (χ4n) is 3.95. The van der Waals surface area contributed by atoms with Gasteiger partial charge in [-0.05, 0) is 45.7 Å². The van der Waals surface area contributed by atoms with Gasteiger partial charge in [0.2, 0.25) is 5.95 Å². The molecule has 4 N–H and O–H groups in total. The number of H-pyrrole nitrogens is 1. The number of nitrogens with zero attached hydrogens (tertiary/aromatic N) is 4. The quantitative estimate of drug-likeness (QED) is 0.336. The molecule has 0 aliphatic carbocycles. The highest BCUT2D eigenvalue weighted by atomic mass is 19.4. The van der Waals surface area contributed by atoms with Crippen molar-refractivity contribution in [1.82, 2.24) is 25.1 Å². The minimum atomic E-state index is -4.63. The molecule has 0 saturated heterocycles. The van der Waals surface area contributed by atoms with Gasteiger partial charge in [-0.1, -0.05) is 12.1 Å². The summed E-state index contributed by atoms with van der Waals surface area (Å²) >= 11 is 0. The molecule has 0 radical (unpaired) electrons. The second-order valence-corrected chi connectivity index (χ2v) is 8.40. The van der Waals surface area contributed by atoms with Crippen molar-refractivity contribution in [2.75, 3.05) is 5.32 Å². The molecule has 4 heterocycles. The summed E-state index contributed by atoms with van der Waals surface area (Å²) in [6, 6.07) is 3.31. The number of rotatable bonds is 7. The summed E-state index contributed by atoms with van der Waals surface area (Å²) in [6.07, 6.45) is -0.910. The molecule has 4 rings (SSSR count). The van der Waals surface area contributed by atoms with Crippen LogP contribution in [0.4, 0.5) is 19.1 Å². The van der Waals surface area contributed by atoms with Crippen LogP contribution >= 0.6 is 0 Å². The van der Waals surface area contributed by atoms with Gasteiger partial charge in [-0.25, -0.2) is 15.0 Å². The van der Waals surface area contributed by atoms with E-state index in [0.717, 1.165) is 18.2 Å². The first kappa shape index (κ1) is 23.7. The average Bonchev–Trinajstić information content (AvgIpc) is 3.34. The molecular formula is C23H26F3N7O. The summed E-state index contributed by atoms with van der Waals surface area (Å²) in [4.78, 5) is 15.7. The number of alkyl halides is 3. The van der Waals surface area contributed by atoms with Crippen molar-refractivity contribution in [3.8, 4) is 22.5 Å². The van der Waals surface area contributed by atoms with Crippen LogP contribution in [0, 0.1) is 13.8 Å². The van der Waals surface area contributed by atoms with Crippen LogP contribution in [-0.4, -0.2) is 37.2 Å². The molecule has 34 heavy (non-hydrogen) atoms. The molecule has 0 unspecified atom stereocenters. The molecule has 4 aromatic rings. The van der Waals surface area contributed by atoms with Crippen molar-refractivity contribution in [3.05, 3.63) is 41.5 Å². The number of aromatic nitrogens is 5. The minimum Gasteiger partial charge on any atom is -0.361 e. The van der Waals surface area contributed by atoms with Crippen molar-refractivity contribution in [2.24, 2.45) is 5.73 Å². The number of aromatic amines is 1. The number of fused-ring (bicyclic) bond motifs is 1. The van der Waals surface area contributed by atoms with Crippen LogP contribution in [0.25, 0.3) is 33.5 Å². The van der Waals surface area contributed by atoms with Crippen molar-refractivity contribution in [3.63, 3.8) is 0 Å². The van der Waals surface area contributed by atoms with E-state index in [2.05, 4.69) is 30.4 Å². The van der Waals surface area contributed by atoms with E-state index in [1.807, 2.05) is 13.8 Å². The Balaban J connectivity index is 1.76. The zero-order chi connectivity index (χ0) is 24.6. The average molecular weight is 474 g/mol. The Morgan fingerprint density at radius 1 is 1.21 bits per heavy atom. The van der Waals surface area contributed by atoms with Crippen LogP contribution in [0.3, 0.4) is 0 Å². The maximum atomic E-state index is 13.8. The first-order chi connectivity index (χ1) is 16.1. The van der Waals surface area contributed by atoms with Gasteiger partial charge in [0.25, 0.3) is 0 Å². The van der Waals surface area contributed by atoms with E-state index in [4.69, 9.17) is 10.3 Å². The molecule has 2 atom stereocenters. The molecule has 0 spiro atoms. The number of nitrogens with two attached hydrogens (primary N) is 1. The Hall–Kier alpha value is -3.47. The van der Waals surface area contributed by atoms with Gasteiger partial charge in [0.1, 0.15) is 17.0 Å². The Morgan fingerprint density at radius 3 is 2.62 bits per heavy atom.